The third kappa shape index (κ3) is 26.0. The fourth-order valence-electron chi connectivity index (χ4n) is 1.54. The topological polar surface area (TPSA) is 0 Å². The summed E-state index contributed by atoms with van der Waals surface area (Å²) in [5.41, 5.74) is 0. The molecule has 4 aromatic carbocycles. The van der Waals surface area contributed by atoms with Crippen LogP contribution in [0.4, 0.5) is 0 Å². The largest absolute Gasteiger partial charge is 0.180 e. The van der Waals surface area contributed by atoms with E-state index in [0.29, 0.717) is 0 Å². The second-order valence-corrected chi connectivity index (χ2v) is 6.85. The monoisotopic (exact) mass is 430 g/mol. The summed E-state index contributed by atoms with van der Waals surface area (Å²) in [4.78, 5) is 0. The van der Waals surface area contributed by atoms with E-state index in [1.54, 1.807) is 0 Å². The summed E-state index contributed by atoms with van der Waals surface area (Å²) in [6.07, 6.45) is 0. The summed E-state index contributed by atoms with van der Waals surface area (Å²) in [5, 5.41) is 0. The van der Waals surface area contributed by atoms with E-state index in [1.165, 1.54) is 0 Å². The molecule has 146 valence electrons. The fraction of sp³-hybridized carbons (Fsp3) is 0.0400. The zero-order chi connectivity index (χ0) is 20.5. The van der Waals surface area contributed by atoms with Gasteiger partial charge in [0.15, 0.2) is 4.30 Å². The van der Waals surface area contributed by atoms with E-state index in [1.807, 2.05) is 146 Å². The van der Waals surface area contributed by atoms with Gasteiger partial charge in [0.1, 0.15) is 0 Å². The molecule has 0 saturated carbocycles. The molecule has 0 atom stereocenters. The SMILES string of the molecule is ClC(Cl)Cl.c1ccccc1.c1ccccc1.c1ccccc1.c1ccccc1. The molecule has 0 spiro atoms. The van der Waals surface area contributed by atoms with Crippen molar-refractivity contribution in [1.29, 1.82) is 0 Å². The lowest BCUT2D eigenvalue weighted by Gasteiger charge is -1.69. The molecule has 0 fully saturated rings. The predicted octanol–water partition coefficient (Wildman–Crippen LogP) is 8.73. The molecule has 0 aromatic heterocycles. The molecule has 0 bridgehead atoms. The van der Waals surface area contributed by atoms with Gasteiger partial charge in [0.25, 0.3) is 0 Å². The lowest BCUT2D eigenvalue weighted by molar-refractivity contribution is 1.72. The van der Waals surface area contributed by atoms with Crippen LogP contribution in [0.3, 0.4) is 0 Å². The van der Waals surface area contributed by atoms with E-state index in [4.69, 9.17) is 34.8 Å². The molecule has 28 heavy (non-hydrogen) atoms. The van der Waals surface area contributed by atoms with Crippen molar-refractivity contribution in [2.75, 3.05) is 0 Å². The van der Waals surface area contributed by atoms with E-state index >= 15 is 0 Å². The summed E-state index contributed by atoms with van der Waals surface area (Å²) < 4.78 is -0.750. The first-order valence-electron chi connectivity index (χ1n) is 8.65. The molecule has 0 aliphatic rings. The van der Waals surface area contributed by atoms with Crippen molar-refractivity contribution in [2.45, 2.75) is 4.30 Å². The minimum atomic E-state index is -0.750. The predicted molar refractivity (Wildman–Crippen MR) is 127 cm³/mol. The van der Waals surface area contributed by atoms with Crippen LogP contribution in [-0.4, -0.2) is 4.30 Å². The van der Waals surface area contributed by atoms with Gasteiger partial charge in [-0.15, -0.1) is 0 Å². The maximum absolute atomic E-state index is 4.81. The highest BCUT2D eigenvalue weighted by atomic mass is 35.6. The molecule has 0 radical (unpaired) electrons. The Morgan fingerprint density at radius 3 is 0.286 bits per heavy atom. The van der Waals surface area contributed by atoms with Crippen molar-refractivity contribution < 1.29 is 0 Å². The van der Waals surface area contributed by atoms with Crippen molar-refractivity contribution in [3.8, 4) is 0 Å². The number of alkyl halides is 3. The van der Waals surface area contributed by atoms with Crippen LogP contribution in [0.1, 0.15) is 0 Å². The third-order valence-electron chi connectivity index (χ3n) is 2.67. The Labute approximate surface area is 184 Å². The highest BCUT2D eigenvalue weighted by molar-refractivity contribution is 6.63. The van der Waals surface area contributed by atoms with Crippen molar-refractivity contribution >= 4 is 34.8 Å². The van der Waals surface area contributed by atoms with Crippen molar-refractivity contribution in [3.63, 3.8) is 0 Å². The quantitative estimate of drug-likeness (QED) is 0.244. The molecule has 0 nitrogen and oxygen atoms in total. The molecular formula is C25H25Cl3. The first-order chi connectivity index (χ1) is 13.7. The summed E-state index contributed by atoms with van der Waals surface area (Å²) in [6.45, 7) is 0. The van der Waals surface area contributed by atoms with E-state index in [9.17, 15) is 0 Å². The van der Waals surface area contributed by atoms with Gasteiger partial charge in [0.2, 0.25) is 0 Å². The number of rotatable bonds is 0. The lowest BCUT2D eigenvalue weighted by atomic mass is 10.4. The molecule has 3 heteroatoms. The molecular weight excluding hydrogens is 407 g/mol. The highest BCUT2D eigenvalue weighted by Crippen LogP contribution is 2.03. The molecule has 4 rings (SSSR count). The van der Waals surface area contributed by atoms with Gasteiger partial charge < -0.3 is 0 Å². The number of benzene rings is 4. The Kier molecular flexibility index (Phi) is 21.0. The molecule has 0 amide bonds. The van der Waals surface area contributed by atoms with E-state index in [-0.39, 0.29) is 0 Å². The average Bonchev–Trinajstić information content (AvgIpc) is 2.79. The van der Waals surface area contributed by atoms with Crippen LogP contribution in [-0.2, 0) is 0 Å². The Bertz CT molecular complexity index is 468. The van der Waals surface area contributed by atoms with Crippen LogP contribution in [0.2, 0.25) is 0 Å². The summed E-state index contributed by atoms with van der Waals surface area (Å²) >= 11 is 14.4. The maximum Gasteiger partial charge on any atom is 0.180 e. The molecule has 0 saturated heterocycles. The minimum absolute atomic E-state index is 0.750. The van der Waals surface area contributed by atoms with Gasteiger partial charge >= 0.3 is 0 Å². The van der Waals surface area contributed by atoms with Crippen LogP contribution in [0.5, 0.6) is 0 Å². The van der Waals surface area contributed by atoms with Gasteiger partial charge in [0.05, 0.1) is 0 Å². The normalized spacial score (nSPS) is 8.14. The minimum Gasteiger partial charge on any atom is -0.0874 e. The van der Waals surface area contributed by atoms with E-state index in [2.05, 4.69) is 0 Å². The molecule has 0 heterocycles. The summed E-state index contributed by atoms with van der Waals surface area (Å²) in [5.74, 6) is 0. The van der Waals surface area contributed by atoms with Crippen molar-refractivity contribution in [3.05, 3.63) is 146 Å². The number of hydrogen-bond donors (Lipinski definition) is 0. The lowest BCUT2D eigenvalue weighted by Crippen LogP contribution is -1.55. The average molecular weight is 432 g/mol. The number of hydrogen-bond acceptors (Lipinski definition) is 0. The van der Waals surface area contributed by atoms with Gasteiger partial charge in [-0.25, -0.2) is 0 Å². The summed E-state index contributed by atoms with van der Waals surface area (Å²) in [7, 11) is 0. The smallest absolute Gasteiger partial charge is 0.0874 e. The number of halogens is 3. The molecule has 0 N–H and O–H groups in total. The molecule has 0 aliphatic heterocycles. The van der Waals surface area contributed by atoms with Crippen molar-refractivity contribution in [1.82, 2.24) is 0 Å². The Hall–Kier alpha value is -2.25. The van der Waals surface area contributed by atoms with Crippen LogP contribution < -0.4 is 0 Å². The Morgan fingerprint density at radius 1 is 0.214 bits per heavy atom. The van der Waals surface area contributed by atoms with Crippen LogP contribution in [0.25, 0.3) is 0 Å². The van der Waals surface area contributed by atoms with Gasteiger partial charge in [-0.1, -0.05) is 180 Å². The highest BCUT2D eigenvalue weighted by Gasteiger charge is 1.78. The van der Waals surface area contributed by atoms with Gasteiger partial charge in [-0.3, -0.25) is 0 Å². The fourth-order valence-corrected chi connectivity index (χ4v) is 1.54. The Morgan fingerprint density at radius 2 is 0.250 bits per heavy atom. The third-order valence-corrected chi connectivity index (χ3v) is 2.67. The van der Waals surface area contributed by atoms with Gasteiger partial charge in [-0.05, 0) is 0 Å². The zero-order valence-corrected chi connectivity index (χ0v) is 17.8. The summed E-state index contributed by atoms with van der Waals surface area (Å²) in [6, 6.07) is 48.0. The van der Waals surface area contributed by atoms with Crippen LogP contribution in [0.15, 0.2) is 146 Å². The van der Waals surface area contributed by atoms with E-state index in [0.717, 1.165) is 0 Å². The molecule has 0 aliphatic carbocycles. The van der Waals surface area contributed by atoms with Gasteiger partial charge in [-0.2, -0.15) is 0 Å². The maximum atomic E-state index is 4.81. The molecule has 0 unspecified atom stereocenters. The van der Waals surface area contributed by atoms with Crippen molar-refractivity contribution in [2.24, 2.45) is 0 Å². The standard InChI is InChI=1S/4C6H6.CHCl3/c4*1-2-4-6-5-3-1;2-1(3)4/h4*1-6H;1H. The van der Waals surface area contributed by atoms with E-state index < -0.39 is 4.30 Å². The second kappa shape index (κ2) is 22.8. The first kappa shape index (κ1) is 25.8. The van der Waals surface area contributed by atoms with Crippen LogP contribution in [0, 0.1) is 0 Å². The van der Waals surface area contributed by atoms with Gasteiger partial charge in [0, 0.05) is 0 Å². The molecule has 4 aromatic rings. The zero-order valence-electron chi connectivity index (χ0n) is 15.6. The second-order valence-electron chi connectivity index (χ2n) is 4.87. The first-order valence-corrected chi connectivity index (χ1v) is 9.96. The van der Waals surface area contributed by atoms with Crippen LogP contribution >= 0.6 is 34.8 Å². The Balaban J connectivity index is 0.000000328.